The van der Waals surface area contributed by atoms with Gasteiger partial charge in [0, 0.05) is 43.4 Å². The molecule has 9 heteroatoms. The lowest BCUT2D eigenvalue weighted by Crippen LogP contribution is -2.41. The number of aliphatic imine (C=N–C) groups is 1. The maximum Gasteiger partial charge on any atom is 0.251 e. The Kier molecular flexibility index (Phi) is 13.2. The highest BCUT2D eigenvalue weighted by Crippen LogP contribution is 2.09. The fraction of sp³-hybridized carbons (Fsp3) is 0.400. The van der Waals surface area contributed by atoms with Gasteiger partial charge in [0.1, 0.15) is 12.4 Å². The van der Waals surface area contributed by atoms with Gasteiger partial charge in [0.15, 0.2) is 5.96 Å². The molecule has 1 amide bonds. The fourth-order valence-corrected chi connectivity index (χ4v) is 2.45. The number of hydrogen-bond acceptors (Lipinski definition) is 4. The molecular formula is C20H28ClIN4O3. The first-order chi connectivity index (χ1) is 13.7. The van der Waals surface area contributed by atoms with Crippen molar-refractivity contribution in [2.24, 2.45) is 4.99 Å². The van der Waals surface area contributed by atoms with Crippen molar-refractivity contribution in [3.8, 4) is 0 Å². The van der Waals surface area contributed by atoms with Crippen LogP contribution >= 0.6 is 35.6 Å². The average molecular weight is 535 g/mol. The summed E-state index contributed by atoms with van der Waals surface area (Å²) in [4.78, 5) is 16.5. The van der Waals surface area contributed by atoms with E-state index in [9.17, 15) is 4.79 Å². The quantitative estimate of drug-likeness (QED) is 0.178. The second-order valence-electron chi connectivity index (χ2n) is 5.94. The molecule has 1 heterocycles. The standard InChI is InChI=1S/C20H27ClN4O3.HI/c1-2-22-20(24-10-4-13-27-15-18-5-3-14-28-18)25-12-11-23-19(26)16-6-8-17(21)9-7-16;/h3,5-9,14H,2,4,10-13,15H2,1H3,(H,23,26)(H2,22,24,25);1H. The Balaban J connectivity index is 0.00000420. The molecule has 0 fully saturated rings. The van der Waals surface area contributed by atoms with Crippen LogP contribution in [-0.2, 0) is 11.3 Å². The van der Waals surface area contributed by atoms with Crippen LogP contribution in [0.25, 0.3) is 0 Å². The number of halogens is 2. The lowest BCUT2D eigenvalue weighted by atomic mass is 10.2. The molecule has 1 aromatic heterocycles. The van der Waals surface area contributed by atoms with Gasteiger partial charge >= 0.3 is 0 Å². The Morgan fingerprint density at radius 3 is 2.59 bits per heavy atom. The van der Waals surface area contributed by atoms with Crippen molar-refractivity contribution in [3.05, 3.63) is 59.0 Å². The van der Waals surface area contributed by atoms with Gasteiger partial charge in [-0.3, -0.25) is 9.79 Å². The van der Waals surface area contributed by atoms with Gasteiger partial charge in [-0.05, 0) is 49.7 Å². The zero-order valence-corrected chi connectivity index (χ0v) is 19.5. The lowest BCUT2D eigenvalue weighted by molar-refractivity contribution is 0.0954. The number of guanidine groups is 1. The second-order valence-corrected chi connectivity index (χ2v) is 6.37. The molecular weight excluding hydrogens is 507 g/mol. The van der Waals surface area contributed by atoms with Gasteiger partial charge in [-0.1, -0.05) is 11.6 Å². The number of rotatable bonds is 11. The minimum Gasteiger partial charge on any atom is -0.467 e. The summed E-state index contributed by atoms with van der Waals surface area (Å²) in [6.07, 6.45) is 2.44. The van der Waals surface area contributed by atoms with E-state index in [4.69, 9.17) is 20.8 Å². The summed E-state index contributed by atoms with van der Waals surface area (Å²) in [6, 6.07) is 10.5. The monoisotopic (exact) mass is 534 g/mol. The maximum absolute atomic E-state index is 12.0. The molecule has 0 aliphatic carbocycles. The van der Waals surface area contributed by atoms with Crippen LogP contribution in [0, 0.1) is 0 Å². The molecule has 3 N–H and O–H groups in total. The molecule has 0 aliphatic heterocycles. The highest BCUT2D eigenvalue weighted by molar-refractivity contribution is 14.0. The molecule has 0 spiro atoms. The fourth-order valence-electron chi connectivity index (χ4n) is 2.33. The summed E-state index contributed by atoms with van der Waals surface area (Å²) in [6.45, 7) is 5.55. The minimum absolute atomic E-state index is 0. The Morgan fingerprint density at radius 1 is 1.14 bits per heavy atom. The topological polar surface area (TPSA) is 87.9 Å². The molecule has 0 bridgehead atoms. The maximum atomic E-state index is 12.0. The predicted molar refractivity (Wildman–Crippen MR) is 126 cm³/mol. The zero-order chi connectivity index (χ0) is 20.0. The van der Waals surface area contributed by atoms with E-state index in [0.29, 0.717) is 49.4 Å². The summed E-state index contributed by atoms with van der Waals surface area (Å²) < 4.78 is 10.7. The van der Waals surface area contributed by atoms with E-state index < -0.39 is 0 Å². The van der Waals surface area contributed by atoms with Crippen molar-refractivity contribution in [2.45, 2.75) is 20.0 Å². The average Bonchev–Trinajstić information content (AvgIpc) is 3.21. The summed E-state index contributed by atoms with van der Waals surface area (Å²) in [5.41, 5.74) is 0.583. The van der Waals surface area contributed by atoms with Crippen LogP contribution in [0.5, 0.6) is 0 Å². The third kappa shape index (κ3) is 10.5. The van der Waals surface area contributed by atoms with Crippen molar-refractivity contribution < 1.29 is 13.9 Å². The molecule has 0 saturated carbocycles. The first kappa shape index (κ1) is 25.3. The summed E-state index contributed by atoms with van der Waals surface area (Å²) in [7, 11) is 0. The van der Waals surface area contributed by atoms with Crippen LogP contribution in [0.15, 0.2) is 52.1 Å². The van der Waals surface area contributed by atoms with E-state index in [0.717, 1.165) is 18.7 Å². The number of nitrogens with zero attached hydrogens (tertiary/aromatic N) is 1. The van der Waals surface area contributed by atoms with E-state index in [-0.39, 0.29) is 29.9 Å². The van der Waals surface area contributed by atoms with Gasteiger partial charge in [-0.2, -0.15) is 0 Å². The molecule has 2 aromatic rings. The Hall–Kier alpha value is -1.78. The Morgan fingerprint density at radius 2 is 1.90 bits per heavy atom. The molecule has 0 radical (unpaired) electrons. The minimum atomic E-state index is -0.130. The Bertz CT molecular complexity index is 724. The van der Waals surface area contributed by atoms with Crippen LogP contribution in [-0.4, -0.2) is 44.7 Å². The molecule has 1 aromatic carbocycles. The van der Waals surface area contributed by atoms with Gasteiger partial charge in [-0.25, -0.2) is 0 Å². The van der Waals surface area contributed by atoms with Crippen LogP contribution < -0.4 is 16.0 Å². The van der Waals surface area contributed by atoms with Gasteiger partial charge < -0.3 is 25.1 Å². The third-order valence-electron chi connectivity index (χ3n) is 3.69. The number of amides is 1. The molecule has 160 valence electrons. The third-order valence-corrected chi connectivity index (χ3v) is 3.95. The van der Waals surface area contributed by atoms with Gasteiger partial charge in [-0.15, -0.1) is 24.0 Å². The highest BCUT2D eigenvalue weighted by atomic mass is 127. The van der Waals surface area contributed by atoms with Gasteiger partial charge in [0.25, 0.3) is 5.91 Å². The molecule has 2 rings (SSSR count). The van der Waals surface area contributed by atoms with E-state index >= 15 is 0 Å². The van der Waals surface area contributed by atoms with Crippen LogP contribution in [0.3, 0.4) is 0 Å². The second kappa shape index (κ2) is 15.1. The summed E-state index contributed by atoms with van der Waals surface area (Å²) >= 11 is 5.83. The Labute approximate surface area is 193 Å². The van der Waals surface area contributed by atoms with Gasteiger partial charge in [0.2, 0.25) is 0 Å². The number of furan rings is 1. The lowest BCUT2D eigenvalue weighted by Gasteiger charge is -2.12. The molecule has 0 saturated heterocycles. The van der Waals surface area contributed by atoms with E-state index in [1.54, 1.807) is 30.5 Å². The predicted octanol–water partition coefficient (Wildman–Crippen LogP) is 3.44. The van der Waals surface area contributed by atoms with Crippen molar-refractivity contribution in [1.29, 1.82) is 0 Å². The first-order valence-corrected chi connectivity index (χ1v) is 9.73. The van der Waals surface area contributed by atoms with Crippen LogP contribution in [0.2, 0.25) is 5.02 Å². The summed E-state index contributed by atoms with van der Waals surface area (Å²) in [5.74, 6) is 1.41. The highest BCUT2D eigenvalue weighted by Gasteiger charge is 2.04. The van der Waals surface area contributed by atoms with E-state index in [1.807, 2.05) is 19.1 Å². The molecule has 29 heavy (non-hydrogen) atoms. The van der Waals surface area contributed by atoms with Crippen LogP contribution in [0.4, 0.5) is 0 Å². The normalized spacial score (nSPS) is 10.9. The molecule has 0 unspecified atom stereocenters. The number of carbonyl (C=O) groups is 1. The SMILES string of the molecule is CCNC(=NCCCOCc1ccco1)NCCNC(=O)c1ccc(Cl)cc1.I. The largest absolute Gasteiger partial charge is 0.467 e. The first-order valence-electron chi connectivity index (χ1n) is 9.35. The van der Waals surface area contributed by atoms with Crippen molar-refractivity contribution in [1.82, 2.24) is 16.0 Å². The number of benzene rings is 1. The van der Waals surface area contributed by atoms with Crippen LogP contribution in [0.1, 0.15) is 29.5 Å². The van der Waals surface area contributed by atoms with E-state index in [1.165, 1.54) is 0 Å². The van der Waals surface area contributed by atoms with E-state index in [2.05, 4.69) is 20.9 Å². The molecule has 0 aliphatic rings. The molecule has 7 nitrogen and oxygen atoms in total. The molecule has 0 atom stereocenters. The summed E-state index contributed by atoms with van der Waals surface area (Å²) in [5, 5.41) is 9.84. The van der Waals surface area contributed by atoms with Crippen molar-refractivity contribution in [3.63, 3.8) is 0 Å². The number of nitrogens with one attached hydrogen (secondary N) is 3. The zero-order valence-electron chi connectivity index (χ0n) is 16.4. The van der Waals surface area contributed by atoms with Crippen molar-refractivity contribution >= 4 is 47.4 Å². The number of ether oxygens (including phenoxy) is 1. The smallest absolute Gasteiger partial charge is 0.251 e. The number of carbonyl (C=O) groups excluding carboxylic acids is 1. The number of hydrogen-bond donors (Lipinski definition) is 3. The van der Waals surface area contributed by atoms with Gasteiger partial charge in [0.05, 0.1) is 6.26 Å². The van der Waals surface area contributed by atoms with Crippen molar-refractivity contribution in [2.75, 3.05) is 32.8 Å².